The maximum atomic E-state index is 12.0. The Labute approximate surface area is 171 Å². The van der Waals surface area contributed by atoms with Crippen molar-refractivity contribution in [2.24, 2.45) is 0 Å². The van der Waals surface area contributed by atoms with Crippen molar-refractivity contribution in [3.63, 3.8) is 0 Å². The van der Waals surface area contributed by atoms with E-state index in [0.29, 0.717) is 12.0 Å². The van der Waals surface area contributed by atoms with Gasteiger partial charge in [-0.3, -0.25) is 4.90 Å². The van der Waals surface area contributed by atoms with Crippen LogP contribution < -0.4 is 0 Å². The first-order chi connectivity index (χ1) is 13.7. The highest BCUT2D eigenvalue weighted by Crippen LogP contribution is 2.37. The normalized spacial score (nSPS) is 17.4. The third-order valence-electron chi connectivity index (χ3n) is 6.57. The zero-order valence-electron chi connectivity index (χ0n) is 17.5. The Balaban J connectivity index is 1.60. The maximum Gasteiger partial charge on any atom is 0.127 e. The summed E-state index contributed by atoms with van der Waals surface area (Å²) in [4.78, 5) is 14.4. The van der Waals surface area contributed by atoms with Crippen LogP contribution in [0.2, 0.25) is 0 Å². The molecule has 150 valence electrons. The molecule has 2 nitrogen and oxygen atoms in total. The van der Waals surface area contributed by atoms with Crippen molar-refractivity contribution in [2.75, 3.05) is 13.6 Å². The van der Waals surface area contributed by atoms with Crippen molar-refractivity contribution < 1.29 is 4.79 Å². The van der Waals surface area contributed by atoms with Gasteiger partial charge in [-0.1, -0.05) is 73.9 Å². The molecule has 2 aromatic rings. The minimum Gasteiger partial charge on any atom is -0.303 e. The van der Waals surface area contributed by atoms with E-state index in [0.717, 1.165) is 19.4 Å². The standard InChI is InChI=1S/C26H35NO/c1-21(22-12-5-3-6-13-22)27(2)19-11-16-24(20-28)26-18-10-9-17-25(26)23-14-7-4-8-15-23/h3,5-6,9-10,12-13,17-18,20-21,23-24H,4,7-8,11,14-16,19H2,1-2H3. The van der Waals surface area contributed by atoms with Crippen molar-refractivity contribution in [3.05, 3.63) is 71.3 Å². The lowest BCUT2D eigenvalue weighted by molar-refractivity contribution is -0.109. The first-order valence-electron chi connectivity index (χ1n) is 11.0. The van der Waals surface area contributed by atoms with Crippen LogP contribution in [0.5, 0.6) is 0 Å². The Morgan fingerprint density at radius 2 is 1.68 bits per heavy atom. The number of rotatable bonds is 9. The quantitative estimate of drug-likeness (QED) is 0.465. The summed E-state index contributed by atoms with van der Waals surface area (Å²) in [6.07, 6.45) is 9.72. The van der Waals surface area contributed by atoms with Crippen LogP contribution in [0.4, 0.5) is 0 Å². The van der Waals surface area contributed by atoms with E-state index in [1.54, 1.807) is 0 Å². The van der Waals surface area contributed by atoms with Gasteiger partial charge in [-0.15, -0.1) is 0 Å². The summed E-state index contributed by atoms with van der Waals surface area (Å²) in [6.45, 7) is 3.26. The summed E-state index contributed by atoms with van der Waals surface area (Å²) in [5.41, 5.74) is 4.06. The Bertz CT molecular complexity index is 720. The van der Waals surface area contributed by atoms with Crippen molar-refractivity contribution in [1.82, 2.24) is 4.90 Å². The molecule has 2 heteroatoms. The van der Waals surface area contributed by atoms with E-state index in [4.69, 9.17) is 0 Å². The van der Waals surface area contributed by atoms with Gasteiger partial charge in [0.2, 0.25) is 0 Å². The summed E-state index contributed by atoms with van der Waals surface area (Å²) < 4.78 is 0. The van der Waals surface area contributed by atoms with Crippen LogP contribution in [-0.2, 0) is 4.79 Å². The highest BCUT2D eigenvalue weighted by Gasteiger charge is 2.22. The van der Waals surface area contributed by atoms with Gasteiger partial charge in [-0.05, 0) is 68.8 Å². The average Bonchev–Trinajstić information content (AvgIpc) is 2.77. The van der Waals surface area contributed by atoms with Crippen LogP contribution in [0.25, 0.3) is 0 Å². The van der Waals surface area contributed by atoms with Gasteiger partial charge in [0.05, 0.1) is 0 Å². The molecule has 1 aliphatic rings. The molecule has 0 spiro atoms. The Kier molecular flexibility index (Phi) is 7.85. The molecule has 0 aromatic heterocycles. The summed E-state index contributed by atoms with van der Waals surface area (Å²) >= 11 is 0. The second-order valence-electron chi connectivity index (χ2n) is 8.42. The number of hydrogen-bond donors (Lipinski definition) is 0. The topological polar surface area (TPSA) is 20.3 Å². The van der Waals surface area contributed by atoms with Crippen molar-refractivity contribution in [3.8, 4) is 0 Å². The second kappa shape index (κ2) is 10.6. The zero-order chi connectivity index (χ0) is 19.8. The minimum atomic E-state index is 0.0264. The number of nitrogens with zero attached hydrogens (tertiary/aromatic N) is 1. The number of carbonyl (C=O) groups excluding carboxylic acids is 1. The van der Waals surface area contributed by atoms with E-state index in [1.807, 2.05) is 0 Å². The predicted octanol–water partition coefficient (Wildman–Crippen LogP) is 6.49. The molecule has 0 N–H and O–H groups in total. The van der Waals surface area contributed by atoms with E-state index >= 15 is 0 Å². The summed E-state index contributed by atoms with van der Waals surface area (Å²) in [7, 11) is 2.18. The van der Waals surface area contributed by atoms with E-state index < -0.39 is 0 Å². The molecular formula is C26H35NO. The summed E-state index contributed by atoms with van der Waals surface area (Å²) in [5.74, 6) is 0.673. The second-order valence-corrected chi connectivity index (χ2v) is 8.42. The summed E-state index contributed by atoms with van der Waals surface area (Å²) in [5, 5.41) is 0. The van der Waals surface area contributed by atoms with Gasteiger partial charge >= 0.3 is 0 Å². The van der Waals surface area contributed by atoms with Gasteiger partial charge in [0.25, 0.3) is 0 Å². The van der Waals surface area contributed by atoms with Crippen molar-refractivity contribution in [1.29, 1.82) is 0 Å². The first-order valence-corrected chi connectivity index (χ1v) is 11.0. The fourth-order valence-corrected chi connectivity index (χ4v) is 4.67. The molecule has 1 aliphatic carbocycles. The fourth-order valence-electron chi connectivity index (χ4n) is 4.67. The average molecular weight is 378 g/mol. The van der Waals surface area contributed by atoms with E-state index in [2.05, 4.69) is 73.5 Å². The van der Waals surface area contributed by atoms with Gasteiger partial charge in [0.1, 0.15) is 6.29 Å². The lowest BCUT2D eigenvalue weighted by Gasteiger charge is -2.27. The van der Waals surface area contributed by atoms with E-state index in [-0.39, 0.29) is 5.92 Å². The fraction of sp³-hybridized carbons (Fsp3) is 0.500. The van der Waals surface area contributed by atoms with Crippen LogP contribution in [0.3, 0.4) is 0 Å². The van der Waals surface area contributed by atoms with Crippen LogP contribution in [0.15, 0.2) is 54.6 Å². The van der Waals surface area contributed by atoms with Gasteiger partial charge in [-0.2, -0.15) is 0 Å². The van der Waals surface area contributed by atoms with Gasteiger partial charge < -0.3 is 4.79 Å². The highest BCUT2D eigenvalue weighted by molar-refractivity contribution is 5.63. The Morgan fingerprint density at radius 3 is 2.39 bits per heavy atom. The molecule has 0 amide bonds. The van der Waals surface area contributed by atoms with Crippen LogP contribution in [0, 0.1) is 0 Å². The number of benzene rings is 2. The molecular weight excluding hydrogens is 342 g/mol. The van der Waals surface area contributed by atoms with Gasteiger partial charge in [0, 0.05) is 12.0 Å². The molecule has 0 bridgehead atoms. The monoisotopic (exact) mass is 377 g/mol. The minimum absolute atomic E-state index is 0.0264. The number of carbonyl (C=O) groups is 1. The molecule has 28 heavy (non-hydrogen) atoms. The van der Waals surface area contributed by atoms with Gasteiger partial charge in [0.15, 0.2) is 0 Å². The van der Waals surface area contributed by atoms with E-state index in [9.17, 15) is 4.79 Å². The number of aldehydes is 1. The Morgan fingerprint density at radius 1 is 1.00 bits per heavy atom. The molecule has 2 aromatic carbocycles. The van der Waals surface area contributed by atoms with Crippen molar-refractivity contribution in [2.45, 2.75) is 69.7 Å². The van der Waals surface area contributed by atoms with Crippen LogP contribution >= 0.6 is 0 Å². The predicted molar refractivity (Wildman–Crippen MR) is 118 cm³/mol. The Hall–Kier alpha value is -1.93. The largest absolute Gasteiger partial charge is 0.303 e. The molecule has 1 saturated carbocycles. The SMILES string of the molecule is CC(c1ccccc1)N(C)CCCC(C=O)c1ccccc1C1CCCCC1. The smallest absolute Gasteiger partial charge is 0.127 e. The van der Waals surface area contributed by atoms with Crippen molar-refractivity contribution >= 4 is 6.29 Å². The molecule has 0 aliphatic heterocycles. The highest BCUT2D eigenvalue weighted by atomic mass is 16.1. The molecule has 2 atom stereocenters. The molecule has 0 heterocycles. The van der Waals surface area contributed by atoms with Crippen LogP contribution in [0.1, 0.15) is 86.4 Å². The molecule has 0 saturated heterocycles. The molecule has 1 fully saturated rings. The molecule has 0 radical (unpaired) electrons. The lowest BCUT2D eigenvalue weighted by Crippen LogP contribution is -2.24. The van der Waals surface area contributed by atoms with E-state index in [1.165, 1.54) is 55.1 Å². The molecule has 3 rings (SSSR count). The molecule has 2 unspecified atom stereocenters. The third kappa shape index (κ3) is 5.32. The number of hydrogen-bond acceptors (Lipinski definition) is 2. The first kappa shape index (κ1) is 20.8. The summed E-state index contributed by atoms with van der Waals surface area (Å²) in [6, 6.07) is 19.7. The maximum absolute atomic E-state index is 12.0. The third-order valence-corrected chi connectivity index (χ3v) is 6.57. The van der Waals surface area contributed by atoms with Gasteiger partial charge in [-0.25, -0.2) is 0 Å². The lowest BCUT2D eigenvalue weighted by atomic mass is 9.79. The van der Waals surface area contributed by atoms with Crippen LogP contribution in [-0.4, -0.2) is 24.8 Å². The zero-order valence-corrected chi connectivity index (χ0v) is 17.5.